The van der Waals surface area contributed by atoms with Crippen molar-refractivity contribution in [3.8, 4) is 5.69 Å². The number of aromatic nitrogens is 1. The molecule has 3 aromatic rings. The highest BCUT2D eigenvalue weighted by Crippen LogP contribution is 2.27. The molecular formula is C25H22FN3O4. The maximum absolute atomic E-state index is 14.0. The van der Waals surface area contributed by atoms with Gasteiger partial charge in [-0.05, 0) is 62.2 Å². The zero-order chi connectivity index (χ0) is 23.9. The highest BCUT2D eigenvalue weighted by Gasteiger charge is 2.34. The van der Waals surface area contributed by atoms with E-state index >= 15 is 0 Å². The molecule has 1 aliphatic heterocycles. The van der Waals surface area contributed by atoms with Crippen molar-refractivity contribution in [2.45, 2.75) is 27.3 Å². The van der Waals surface area contributed by atoms with E-state index in [0.29, 0.717) is 11.1 Å². The number of carbonyl (C=O) groups is 3. The van der Waals surface area contributed by atoms with E-state index in [1.165, 1.54) is 12.1 Å². The molecular weight excluding hydrogens is 425 g/mol. The van der Waals surface area contributed by atoms with Gasteiger partial charge in [0, 0.05) is 22.6 Å². The summed E-state index contributed by atoms with van der Waals surface area (Å²) in [5.74, 6) is -2.04. The fourth-order valence-electron chi connectivity index (χ4n) is 4.07. The number of aromatic carboxylic acids is 1. The van der Waals surface area contributed by atoms with E-state index in [0.717, 1.165) is 22.0 Å². The SMILES string of the molecule is Cc1c(C(=O)O)cccc1-n1c(C)cc(C=C2NC(=O)N(Cc3ccccc3F)C2=O)c1C. The molecule has 2 N–H and O–H groups in total. The van der Waals surface area contributed by atoms with Crippen molar-refractivity contribution in [3.05, 3.63) is 93.7 Å². The number of nitrogens with zero attached hydrogens (tertiary/aromatic N) is 2. The number of urea groups is 1. The first-order valence-corrected chi connectivity index (χ1v) is 10.3. The highest BCUT2D eigenvalue weighted by molar-refractivity contribution is 6.14. The van der Waals surface area contributed by atoms with E-state index in [-0.39, 0.29) is 23.4 Å². The zero-order valence-electron chi connectivity index (χ0n) is 18.3. The Bertz CT molecular complexity index is 1340. The summed E-state index contributed by atoms with van der Waals surface area (Å²) in [6.07, 6.45) is 1.58. The molecule has 4 rings (SSSR count). The summed E-state index contributed by atoms with van der Waals surface area (Å²) in [6.45, 7) is 5.30. The number of hydrogen-bond acceptors (Lipinski definition) is 3. The van der Waals surface area contributed by atoms with Crippen LogP contribution >= 0.6 is 0 Å². The molecule has 0 radical (unpaired) electrons. The molecule has 3 amide bonds. The Balaban J connectivity index is 1.68. The van der Waals surface area contributed by atoms with E-state index in [4.69, 9.17) is 0 Å². The highest BCUT2D eigenvalue weighted by atomic mass is 19.1. The maximum Gasteiger partial charge on any atom is 0.336 e. The van der Waals surface area contributed by atoms with Crippen LogP contribution in [-0.2, 0) is 11.3 Å². The predicted octanol–water partition coefficient (Wildman–Crippen LogP) is 4.33. The summed E-state index contributed by atoms with van der Waals surface area (Å²) < 4.78 is 15.9. The molecule has 0 bridgehead atoms. The third kappa shape index (κ3) is 3.91. The normalized spacial score (nSPS) is 14.8. The average Bonchev–Trinajstić information content (AvgIpc) is 3.19. The van der Waals surface area contributed by atoms with E-state index in [9.17, 15) is 23.9 Å². The number of carboxylic acids is 1. The van der Waals surface area contributed by atoms with Crippen molar-refractivity contribution in [1.29, 1.82) is 0 Å². The van der Waals surface area contributed by atoms with Gasteiger partial charge in [-0.1, -0.05) is 24.3 Å². The number of nitrogens with one attached hydrogen (secondary N) is 1. The topological polar surface area (TPSA) is 91.6 Å². The molecule has 0 atom stereocenters. The van der Waals surface area contributed by atoms with E-state index in [1.54, 1.807) is 37.3 Å². The lowest BCUT2D eigenvalue weighted by molar-refractivity contribution is -0.123. The fourth-order valence-corrected chi connectivity index (χ4v) is 4.07. The van der Waals surface area contributed by atoms with Crippen LogP contribution in [0, 0.1) is 26.6 Å². The number of rotatable bonds is 5. The van der Waals surface area contributed by atoms with Crippen LogP contribution in [0.1, 0.15) is 38.4 Å². The molecule has 1 aliphatic rings. The fraction of sp³-hybridized carbons (Fsp3) is 0.160. The Kier molecular flexibility index (Phi) is 5.59. The molecule has 1 saturated heterocycles. The van der Waals surface area contributed by atoms with Crippen molar-refractivity contribution >= 4 is 24.0 Å². The van der Waals surface area contributed by atoms with Crippen molar-refractivity contribution in [2.24, 2.45) is 0 Å². The summed E-state index contributed by atoms with van der Waals surface area (Å²) >= 11 is 0. The molecule has 1 fully saturated rings. The lowest BCUT2D eigenvalue weighted by Crippen LogP contribution is -2.30. The van der Waals surface area contributed by atoms with Crippen LogP contribution in [0.4, 0.5) is 9.18 Å². The average molecular weight is 447 g/mol. The first kappa shape index (κ1) is 22.0. The van der Waals surface area contributed by atoms with Crippen LogP contribution in [0.3, 0.4) is 0 Å². The van der Waals surface area contributed by atoms with E-state index in [1.807, 2.05) is 30.5 Å². The van der Waals surface area contributed by atoms with Crippen LogP contribution in [-0.4, -0.2) is 32.5 Å². The van der Waals surface area contributed by atoms with Crippen molar-refractivity contribution in [3.63, 3.8) is 0 Å². The second-order valence-electron chi connectivity index (χ2n) is 7.89. The second kappa shape index (κ2) is 8.38. The van der Waals surface area contributed by atoms with Gasteiger partial charge in [-0.25, -0.2) is 14.0 Å². The molecule has 7 nitrogen and oxygen atoms in total. The second-order valence-corrected chi connectivity index (χ2v) is 7.89. The largest absolute Gasteiger partial charge is 0.478 e. The number of halogens is 1. The van der Waals surface area contributed by atoms with Crippen molar-refractivity contribution < 1.29 is 23.9 Å². The molecule has 168 valence electrons. The first-order valence-electron chi connectivity index (χ1n) is 10.3. The van der Waals surface area contributed by atoms with Crippen LogP contribution in [0.15, 0.2) is 54.2 Å². The summed E-state index contributed by atoms with van der Waals surface area (Å²) in [5.41, 5.74) is 4.20. The van der Waals surface area contributed by atoms with Gasteiger partial charge in [0.1, 0.15) is 11.5 Å². The standard InChI is InChI=1S/C25H22FN3O4/c1-14-11-18(16(3)29(14)22-10-6-8-19(15(22)2)24(31)32)12-21-23(30)28(25(33)27-21)13-17-7-4-5-9-20(17)26/h4-12H,13H2,1-3H3,(H,27,33)(H,31,32). The lowest BCUT2D eigenvalue weighted by atomic mass is 10.1. The maximum atomic E-state index is 14.0. The van der Waals surface area contributed by atoms with Crippen LogP contribution < -0.4 is 5.32 Å². The van der Waals surface area contributed by atoms with Crippen LogP contribution in [0.25, 0.3) is 11.8 Å². The summed E-state index contributed by atoms with van der Waals surface area (Å²) in [6, 6.07) is 12.3. The predicted molar refractivity (Wildman–Crippen MR) is 120 cm³/mol. The molecule has 2 heterocycles. The summed E-state index contributed by atoms with van der Waals surface area (Å²) in [4.78, 5) is 37.8. The number of hydrogen-bond donors (Lipinski definition) is 2. The molecule has 8 heteroatoms. The molecule has 0 aliphatic carbocycles. The first-order chi connectivity index (χ1) is 15.7. The number of imide groups is 1. The van der Waals surface area contributed by atoms with Gasteiger partial charge in [0.05, 0.1) is 12.1 Å². The van der Waals surface area contributed by atoms with Gasteiger partial charge in [-0.15, -0.1) is 0 Å². The minimum absolute atomic E-state index is 0.0904. The molecule has 0 saturated carbocycles. The van der Waals surface area contributed by atoms with E-state index in [2.05, 4.69) is 5.32 Å². The Morgan fingerprint density at radius 1 is 1.09 bits per heavy atom. The van der Waals surface area contributed by atoms with Crippen molar-refractivity contribution in [1.82, 2.24) is 14.8 Å². The third-order valence-corrected chi connectivity index (χ3v) is 5.80. The zero-order valence-corrected chi connectivity index (χ0v) is 18.3. The monoisotopic (exact) mass is 447 g/mol. The Labute approximate surface area is 189 Å². The molecule has 0 spiro atoms. The van der Waals surface area contributed by atoms with Crippen LogP contribution in [0.5, 0.6) is 0 Å². The van der Waals surface area contributed by atoms with Crippen LogP contribution in [0.2, 0.25) is 0 Å². The van der Waals surface area contributed by atoms with Gasteiger partial charge < -0.3 is 15.0 Å². The number of carboxylic acid groups (broad SMARTS) is 1. The lowest BCUT2D eigenvalue weighted by Gasteiger charge is -2.14. The Hall–Kier alpha value is -4.20. The Morgan fingerprint density at radius 2 is 1.82 bits per heavy atom. The molecule has 2 aromatic carbocycles. The molecule has 0 unspecified atom stereocenters. The molecule has 1 aromatic heterocycles. The van der Waals surface area contributed by atoms with Gasteiger partial charge in [0.15, 0.2) is 0 Å². The summed E-state index contributed by atoms with van der Waals surface area (Å²) in [5, 5.41) is 12.0. The smallest absolute Gasteiger partial charge is 0.336 e. The van der Waals surface area contributed by atoms with Gasteiger partial charge in [0.25, 0.3) is 5.91 Å². The van der Waals surface area contributed by atoms with Crippen molar-refractivity contribution in [2.75, 3.05) is 0 Å². The Morgan fingerprint density at radius 3 is 2.52 bits per heavy atom. The van der Waals surface area contributed by atoms with Gasteiger partial charge in [0.2, 0.25) is 0 Å². The summed E-state index contributed by atoms with van der Waals surface area (Å²) in [7, 11) is 0. The van der Waals surface area contributed by atoms with E-state index < -0.39 is 23.7 Å². The minimum atomic E-state index is -1.01. The van der Waals surface area contributed by atoms with Gasteiger partial charge in [-0.3, -0.25) is 9.69 Å². The number of benzene rings is 2. The molecule has 33 heavy (non-hydrogen) atoms. The van der Waals surface area contributed by atoms with Gasteiger partial charge in [-0.2, -0.15) is 0 Å². The quantitative estimate of drug-likeness (QED) is 0.450. The number of aryl methyl sites for hydroxylation is 1. The third-order valence-electron chi connectivity index (χ3n) is 5.80. The minimum Gasteiger partial charge on any atom is -0.478 e. The number of carbonyl (C=O) groups excluding carboxylic acids is 2. The van der Waals surface area contributed by atoms with Gasteiger partial charge >= 0.3 is 12.0 Å². The number of amides is 3.